The molecule has 0 saturated heterocycles. The van der Waals surface area contributed by atoms with Crippen LogP contribution in [0, 0.1) is 5.41 Å². The minimum atomic E-state index is -1.14. The number of ether oxygens (including phenoxy) is 1. The van der Waals surface area contributed by atoms with Gasteiger partial charge in [0.25, 0.3) is 5.91 Å². The van der Waals surface area contributed by atoms with Crippen molar-refractivity contribution in [3.05, 3.63) is 53.0 Å². The van der Waals surface area contributed by atoms with Crippen LogP contribution in [0.4, 0.5) is 0 Å². The Balaban J connectivity index is 0.00000281. The molecule has 186 valence electrons. The lowest BCUT2D eigenvalue weighted by atomic mass is 9.89. The van der Waals surface area contributed by atoms with Crippen LogP contribution in [0.2, 0.25) is 0 Å². The van der Waals surface area contributed by atoms with Crippen LogP contribution < -0.4 is 10.1 Å². The van der Waals surface area contributed by atoms with Gasteiger partial charge in [0.15, 0.2) is 5.69 Å². The molecule has 0 aliphatic heterocycles. The molecule has 8 nitrogen and oxygen atoms in total. The van der Waals surface area contributed by atoms with E-state index in [2.05, 4.69) is 29.1 Å². The lowest BCUT2D eigenvalue weighted by Crippen LogP contribution is -2.39. The molecule has 0 spiro atoms. The summed E-state index contributed by atoms with van der Waals surface area (Å²) in [4.78, 5) is 32.2. The number of carboxylic acid groups (broad SMARTS) is 1. The van der Waals surface area contributed by atoms with Crippen LogP contribution in [0.1, 0.15) is 88.0 Å². The fourth-order valence-corrected chi connectivity index (χ4v) is 3.12. The first-order chi connectivity index (χ1) is 16.0. The first-order valence-corrected chi connectivity index (χ1v) is 11.5. The van der Waals surface area contributed by atoms with E-state index in [9.17, 15) is 19.8 Å². The van der Waals surface area contributed by atoms with Crippen LogP contribution >= 0.6 is 0 Å². The van der Waals surface area contributed by atoms with Gasteiger partial charge in [0.05, 0.1) is 12.5 Å². The maximum Gasteiger partial charge on any atom is 0.310 e. The third-order valence-electron chi connectivity index (χ3n) is 5.50. The predicted molar refractivity (Wildman–Crippen MR) is 133 cm³/mol. The number of amides is 1. The van der Waals surface area contributed by atoms with Crippen molar-refractivity contribution in [2.24, 2.45) is 5.41 Å². The normalized spacial score (nSPS) is 12.3. The number of carbonyl (C=O) groups excluding carboxylic acids is 1. The van der Waals surface area contributed by atoms with Crippen LogP contribution in [0.25, 0.3) is 5.57 Å². The van der Waals surface area contributed by atoms with Gasteiger partial charge < -0.3 is 20.3 Å². The second-order valence-corrected chi connectivity index (χ2v) is 8.29. The molecule has 34 heavy (non-hydrogen) atoms. The standard InChI is InChI=1S/C24H31N3O5.C2H6/c1-7-14(3)18-12-25-20(32-6)10-17(18)16(8-2)15-9-19(28)21(26-11-15)22(29)27-13-24(4,5)23(30)31;1-2/h8-12,14,28H,7,13H2,1-6H3,(H,27,29)(H,30,31);1-2H3/b16-8-;. The lowest BCUT2D eigenvalue weighted by Gasteiger charge is -2.20. The second-order valence-electron chi connectivity index (χ2n) is 8.29. The number of allylic oxidation sites excluding steroid dienone is 1. The van der Waals surface area contributed by atoms with Gasteiger partial charge in [-0.3, -0.25) is 9.59 Å². The average molecular weight is 472 g/mol. The molecule has 8 heteroatoms. The highest BCUT2D eigenvalue weighted by Crippen LogP contribution is 2.34. The minimum absolute atomic E-state index is 0.0980. The molecule has 0 bridgehead atoms. The van der Waals surface area contributed by atoms with Gasteiger partial charge in [-0.05, 0) is 55.9 Å². The monoisotopic (exact) mass is 471 g/mol. The average Bonchev–Trinajstić information content (AvgIpc) is 2.83. The Morgan fingerprint density at radius 1 is 1.21 bits per heavy atom. The number of aliphatic carboxylic acids is 1. The highest BCUT2D eigenvalue weighted by atomic mass is 16.5. The molecular formula is C26H37N3O5. The van der Waals surface area contributed by atoms with Gasteiger partial charge >= 0.3 is 5.97 Å². The van der Waals surface area contributed by atoms with E-state index in [1.165, 1.54) is 26.1 Å². The molecule has 2 heterocycles. The van der Waals surface area contributed by atoms with Crippen molar-refractivity contribution in [2.45, 2.75) is 60.8 Å². The number of methoxy groups -OCH3 is 1. The van der Waals surface area contributed by atoms with Crippen LogP contribution in [-0.4, -0.2) is 45.7 Å². The predicted octanol–water partition coefficient (Wildman–Crippen LogP) is 5.02. The summed E-state index contributed by atoms with van der Waals surface area (Å²) < 4.78 is 5.30. The molecule has 0 saturated carbocycles. The van der Waals surface area contributed by atoms with Gasteiger partial charge in [0, 0.05) is 30.6 Å². The summed E-state index contributed by atoms with van der Waals surface area (Å²) in [5, 5.41) is 22.2. The van der Waals surface area contributed by atoms with Crippen LogP contribution in [0.5, 0.6) is 11.6 Å². The van der Waals surface area contributed by atoms with Crippen LogP contribution in [0.3, 0.4) is 0 Å². The molecule has 2 aromatic heterocycles. The Labute approximate surface area is 202 Å². The maximum absolute atomic E-state index is 12.5. The number of pyridine rings is 2. The summed E-state index contributed by atoms with van der Waals surface area (Å²) in [7, 11) is 1.55. The molecule has 0 radical (unpaired) electrons. The Morgan fingerprint density at radius 3 is 2.35 bits per heavy atom. The van der Waals surface area contributed by atoms with Gasteiger partial charge in [0.1, 0.15) is 5.75 Å². The maximum atomic E-state index is 12.5. The third-order valence-corrected chi connectivity index (χ3v) is 5.50. The van der Waals surface area contributed by atoms with E-state index in [0.29, 0.717) is 11.4 Å². The fourth-order valence-electron chi connectivity index (χ4n) is 3.12. The minimum Gasteiger partial charge on any atom is -0.505 e. The molecule has 3 N–H and O–H groups in total. The highest BCUT2D eigenvalue weighted by molar-refractivity contribution is 5.96. The van der Waals surface area contributed by atoms with E-state index >= 15 is 0 Å². The Morgan fingerprint density at radius 2 is 1.85 bits per heavy atom. The van der Waals surface area contributed by atoms with Crippen molar-refractivity contribution < 1.29 is 24.5 Å². The van der Waals surface area contributed by atoms with Crippen molar-refractivity contribution >= 4 is 17.4 Å². The number of hydrogen-bond donors (Lipinski definition) is 3. The highest BCUT2D eigenvalue weighted by Gasteiger charge is 2.28. The Hall–Kier alpha value is -3.42. The topological polar surface area (TPSA) is 122 Å². The number of nitrogens with one attached hydrogen (secondary N) is 1. The first kappa shape index (κ1) is 28.6. The Kier molecular flexibility index (Phi) is 10.7. The molecular weight excluding hydrogens is 434 g/mol. The van der Waals surface area contributed by atoms with Crippen LogP contribution in [0.15, 0.2) is 30.6 Å². The zero-order chi connectivity index (χ0) is 26.1. The number of carbonyl (C=O) groups is 2. The molecule has 2 rings (SSSR count). The Bertz CT molecular complexity index is 1030. The van der Waals surface area contributed by atoms with E-state index in [0.717, 1.165) is 23.1 Å². The summed E-state index contributed by atoms with van der Waals surface area (Å²) in [6, 6.07) is 3.33. The second kappa shape index (κ2) is 12.7. The molecule has 1 amide bonds. The van der Waals surface area contributed by atoms with Crippen molar-refractivity contribution in [1.82, 2.24) is 15.3 Å². The summed E-state index contributed by atoms with van der Waals surface area (Å²) in [6.45, 7) is 13.0. The molecule has 1 unspecified atom stereocenters. The number of aromatic nitrogens is 2. The summed E-state index contributed by atoms with van der Waals surface area (Å²) >= 11 is 0. The van der Waals surface area contributed by atoms with E-state index in [-0.39, 0.29) is 23.9 Å². The van der Waals surface area contributed by atoms with Crippen molar-refractivity contribution in [3.8, 4) is 11.6 Å². The van der Waals surface area contributed by atoms with E-state index in [1.54, 1.807) is 13.3 Å². The van der Waals surface area contributed by atoms with Crippen molar-refractivity contribution in [2.75, 3.05) is 13.7 Å². The van der Waals surface area contributed by atoms with E-state index in [4.69, 9.17) is 4.74 Å². The number of nitrogens with zero attached hydrogens (tertiary/aromatic N) is 2. The summed E-state index contributed by atoms with van der Waals surface area (Å²) in [6.07, 6.45) is 6.14. The largest absolute Gasteiger partial charge is 0.505 e. The number of rotatable bonds is 9. The van der Waals surface area contributed by atoms with Crippen LogP contribution in [-0.2, 0) is 4.79 Å². The molecule has 0 aliphatic rings. The van der Waals surface area contributed by atoms with E-state index < -0.39 is 17.3 Å². The van der Waals surface area contributed by atoms with Gasteiger partial charge in [-0.2, -0.15) is 0 Å². The number of hydrogen-bond acceptors (Lipinski definition) is 6. The zero-order valence-electron chi connectivity index (χ0n) is 21.4. The molecule has 0 fully saturated rings. The smallest absolute Gasteiger partial charge is 0.310 e. The van der Waals surface area contributed by atoms with Crippen molar-refractivity contribution in [1.29, 1.82) is 0 Å². The van der Waals surface area contributed by atoms with Gasteiger partial charge in [-0.15, -0.1) is 0 Å². The number of carboxylic acids is 1. The quantitative estimate of drug-likeness (QED) is 0.469. The van der Waals surface area contributed by atoms with Gasteiger partial charge in [0.2, 0.25) is 5.88 Å². The fraction of sp³-hybridized carbons (Fsp3) is 0.462. The summed E-state index contributed by atoms with van der Waals surface area (Å²) in [5.74, 6) is -1.24. The van der Waals surface area contributed by atoms with Gasteiger partial charge in [-0.1, -0.05) is 33.8 Å². The lowest BCUT2D eigenvalue weighted by molar-refractivity contribution is -0.146. The first-order valence-electron chi connectivity index (χ1n) is 11.5. The van der Waals surface area contributed by atoms with Gasteiger partial charge in [-0.25, -0.2) is 9.97 Å². The zero-order valence-corrected chi connectivity index (χ0v) is 21.4. The van der Waals surface area contributed by atoms with Crippen molar-refractivity contribution in [3.63, 3.8) is 0 Å². The number of aromatic hydroxyl groups is 1. The third kappa shape index (κ3) is 6.79. The molecule has 2 aromatic rings. The van der Waals surface area contributed by atoms with E-state index in [1.807, 2.05) is 32.9 Å². The summed E-state index contributed by atoms with van der Waals surface area (Å²) in [5.41, 5.74) is 2.09. The molecule has 0 aromatic carbocycles. The SMILES string of the molecule is C/C=C(/c1cnc(C(=O)NCC(C)(C)C(=O)O)c(O)c1)c1cc(OC)ncc1C(C)CC.CC. The molecule has 1 atom stereocenters. The molecule has 0 aliphatic carbocycles.